The first-order valence-electron chi connectivity index (χ1n) is 15.8. The molecule has 16 heteroatoms. The summed E-state index contributed by atoms with van der Waals surface area (Å²) >= 11 is 0. The number of carbonyl (C=O) groups is 7. The maximum Gasteiger partial charge on any atom is 0.326 e. The number of carbonyl (C=O) groups excluding carboxylic acids is 6. The zero-order valence-corrected chi connectivity index (χ0v) is 27.7. The van der Waals surface area contributed by atoms with Gasteiger partial charge in [-0.3, -0.25) is 28.8 Å². The van der Waals surface area contributed by atoms with E-state index >= 15 is 0 Å². The lowest BCUT2D eigenvalue weighted by Gasteiger charge is -2.31. The number of carboxylic acids is 1. The quantitative estimate of drug-likeness (QED) is 0.0784. The van der Waals surface area contributed by atoms with Gasteiger partial charge in [0.25, 0.3) is 0 Å². The lowest BCUT2D eigenvalue weighted by atomic mass is 9.98. The molecular weight excluding hydrogens is 602 g/mol. The number of aliphatic hydroxyl groups is 1. The van der Waals surface area contributed by atoms with Gasteiger partial charge < -0.3 is 47.8 Å². The fourth-order valence-corrected chi connectivity index (χ4v) is 5.11. The highest BCUT2D eigenvalue weighted by Gasteiger charge is 2.39. The van der Waals surface area contributed by atoms with Crippen molar-refractivity contribution < 1.29 is 43.8 Å². The van der Waals surface area contributed by atoms with E-state index in [0.29, 0.717) is 12.8 Å². The molecule has 6 atom stereocenters. The molecule has 0 aromatic carbocycles. The van der Waals surface area contributed by atoms with Gasteiger partial charge in [0.2, 0.25) is 35.4 Å². The minimum Gasteiger partial charge on any atom is -0.480 e. The van der Waals surface area contributed by atoms with Crippen molar-refractivity contribution >= 4 is 41.4 Å². The van der Waals surface area contributed by atoms with Crippen molar-refractivity contribution in [2.75, 3.05) is 13.2 Å². The number of rotatable bonds is 19. The van der Waals surface area contributed by atoms with Gasteiger partial charge in [0, 0.05) is 13.0 Å². The zero-order chi connectivity index (χ0) is 35.3. The lowest BCUT2D eigenvalue weighted by Crippen LogP contribution is -2.60. The maximum absolute atomic E-state index is 13.5. The van der Waals surface area contributed by atoms with Gasteiger partial charge in [-0.2, -0.15) is 0 Å². The van der Waals surface area contributed by atoms with Crippen molar-refractivity contribution in [2.45, 2.75) is 116 Å². The number of carboxylic acid groups (broad SMARTS) is 1. The fraction of sp³-hybridized carbons (Fsp3) is 0.767. The Hall–Kier alpha value is -3.79. The van der Waals surface area contributed by atoms with Crippen molar-refractivity contribution in [1.29, 1.82) is 0 Å². The highest BCUT2D eigenvalue weighted by molar-refractivity contribution is 5.96. The summed E-state index contributed by atoms with van der Waals surface area (Å²) < 4.78 is 0. The Kier molecular flexibility index (Phi) is 16.6. The number of nitrogens with one attached hydrogen (secondary N) is 4. The summed E-state index contributed by atoms with van der Waals surface area (Å²) in [4.78, 5) is 89.8. The number of likely N-dealkylation sites (tertiary alicyclic amines) is 1. The minimum absolute atomic E-state index is 0.0180. The van der Waals surface area contributed by atoms with Crippen LogP contribution in [0.3, 0.4) is 0 Å². The predicted octanol–water partition coefficient (Wildman–Crippen LogP) is -1.67. The van der Waals surface area contributed by atoms with Crippen LogP contribution in [0.5, 0.6) is 0 Å². The Labute approximate surface area is 270 Å². The average molecular weight is 656 g/mol. The van der Waals surface area contributed by atoms with Crippen LogP contribution in [0.2, 0.25) is 0 Å². The summed E-state index contributed by atoms with van der Waals surface area (Å²) in [5.41, 5.74) is 10.8. The van der Waals surface area contributed by atoms with Gasteiger partial charge >= 0.3 is 5.97 Å². The van der Waals surface area contributed by atoms with Crippen LogP contribution in [0.1, 0.15) is 80.1 Å². The summed E-state index contributed by atoms with van der Waals surface area (Å²) in [6.07, 6.45) is 1.02. The first-order chi connectivity index (χ1) is 21.4. The Morgan fingerprint density at radius 1 is 0.783 bits per heavy atom. The topological polar surface area (TPSA) is 263 Å². The van der Waals surface area contributed by atoms with Gasteiger partial charge in [-0.1, -0.05) is 41.5 Å². The van der Waals surface area contributed by atoms with Crippen molar-refractivity contribution in [3.63, 3.8) is 0 Å². The molecule has 0 aliphatic carbocycles. The van der Waals surface area contributed by atoms with Crippen LogP contribution in [0.4, 0.5) is 0 Å². The summed E-state index contributed by atoms with van der Waals surface area (Å²) in [6, 6.07) is -6.89. The second-order valence-corrected chi connectivity index (χ2v) is 13.0. The molecule has 1 saturated heterocycles. The highest BCUT2D eigenvalue weighted by atomic mass is 16.4. The second kappa shape index (κ2) is 19.0. The number of hydrogen-bond acceptors (Lipinski definition) is 9. The molecule has 0 unspecified atom stereocenters. The molecule has 0 bridgehead atoms. The second-order valence-electron chi connectivity index (χ2n) is 13.0. The fourth-order valence-electron chi connectivity index (χ4n) is 5.11. The molecule has 1 fully saturated rings. The number of aliphatic carboxylic acids is 1. The average Bonchev–Trinajstić information content (AvgIpc) is 3.45. The van der Waals surface area contributed by atoms with Gasteiger partial charge in [-0.05, 0) is 49.9 Å². The van der Waals surface area contributed by atoms with Crippen LogP contribution in [-0.4, -0.2) is 106 Å². The monoisotopic (exact) mass is 655 g/mol. The van der Waals surface area contributed by atoms with Crippen molar-refractivity contribution in [3.05, 3.63) is 0 Å². The number of nitrogens with two attached hydrogens (primary N) is 2. The molecule has 6 amide bonds. The van der Waals surface area contributed by atoms with Crippen LogP contribution in [0.25, 0.3) is 0 Å². The molecule has 1 heterocycles. The van der Waals surface area contributed by atoms with Crippen molar-refractivity contribution in [3.8, 4) is 0 Å². The highest BCUT2D eigenvalue weighted by Crippen LogP contribution is 2.21. The SMILES string of the molecule is CC(C)C[C@H](NC(=O)[C@H](CO)NC(=O)[C@@H](N)CCC(N)=O)C(=O)N[C@H](C(=O)N[C@@H](CC(C)C)C(=O)N1CCC[C@H]1C(=O)O)C(C)C. The minimum atomic E-state index is -1.46. The zero-order valence-electron chi connectivity index (χ0n) is 27.7. The molecule has 0 radical (unpaired) electrons. The van der Waals surface area contributed by atoms with E-state index in [2.05, 4.69) is 21.3 Å². The molecule has 0 spiro atoms. The largest absolute Gasteiger partial charge is 0.480 e. The number of amides is 6. The Bertz CT molecular complexity index is 1100. The van der Waals surface area contributed by atoms with E-state index in [0.717, 1.165) is 0 Å². The van der Waals surface area contributed by atoms with E-state index in [4.69, 9.17) is 11.5 Å². The summed E-state index contributed by atoms with van der Waals surface area (Å²) in [7, 11) is 0. The van der Waals surface area contributed by atoms with Crippen LogP contribution in [0, 0.1) is 17.8 Å². The maximum atomic E-state index is 13.5. The first-order valence-corrected chi connectivity index (χ1v) is 15.8. The normalized spacial score (nSPS) is 18.0. The predicted molar refractivity (Wildman–Crippen MR) is 167 cm³/mol. The third-order valence-electron chi connectivity index (χ3n) is 7.58. The van der Waals surface area contributed by atoms with Crippen LogP contribution < -0.4 is 32.7 Å². The molecule has 1 rings (SSSR count). The van der Waals surface area contributed by atoms with Gasteiger partial charge in [0.15, 0.2) is 0 Å². The summed E-state index contributed by atoms with van der Waals surface area (Å²) in [5, 5.41) is 29.5. The first kappa shape index (κ1) is 40.2. The van der Waals surface area contributed by atoms with E-state index in [1.165, 1.54) is 4.90 Å². The Morgan fingerprint density at radius 2 is 1.30 bits per heavy atom. The Morgan fingerprint density at radius 3 is 1.80 bits per heavy atom. The molecule has 0 aromatic heterocycles. The molecule has 262 valence electrons. The van der Waals surface area contributed by atoms with Crippen LogP contribution in [-0.2, 0) is 33.6 Å². The summed E-state index contributed by atoms with van der Waals surface area (Å²) in [5.74, 6) is -5.84. The molecule has 10 N–H and O–H groups in total. The molecule has 46 heavy (non-hydrogen) atoms. The van der Waals surface area contributed by atoms with Crippen molar-refractivity contribution in [1.82, 2.24) is 26.2 Å². The van der Waals surface area contributed by atoms with E-state index < -0.39 is 90.2 Å². The molecular formula is C30H53N7O9. The number of nitrogens with zero attached hydrogens (tertiary/aromatic N) is 1. The molecule has 0 aromatic rings. The summed E-state index contributed by atoms with van der Waals surface area (Å²) in [6.45, 7) is 10.2. The van der Waals surface area contributed by atoms with Gasteiger partial charge in [0.1, 0.15) is 30.2 Å². The molecule has 0 saturated carbocycles. The van der Waals surface area contributed by atoms with E-state index in [-0.39, 0.29) is 44.1 Å². The molecule has 1 aliphatic heterocycles. The van der Waals surface area contributed by atoms with E-state index in [9.17, 15) is 43.8 Å². The van der Waals surface area contributed by atoms with Gasteiger partial charge in [-0.15, -0.1) is 0 Å². The lowest BCUT2D eigenvalue weighted by molar-refractivity contribution is -0.149. The number of primary amides is 1. The van der Waals surface area contributed by atoms with E-state index in [1.807, 2.05) is 27.7 Å². The third kappa shape index (κ3) is 12.9. The molecule has 16 nitrogen and oxygen atoms in total. The van der Waals surface area contributed by atoms with Gasteiger partial charge in [-0.25, -0.2) is 4.79 Å². The van der Waals surface area contributed by atoms with Crippen molar-refractivity contribution in [2.24, 2.45) is 29.2 Å². The van der Waals surface area contributed by atoms with Crippen LogP contribution in [0.15, 0.2) is 0 Å². The van der Waals surface area contributed by atoms with E-state index in [1.54, 1.807) is 13.8 Å². The smallest absolute Gasteiger partial charge is 0.326 e. The van der Waals surface area contributed by atoms with Gasteiger partial charge in [0.05, 0.1) is 12.6 Å². The number of hydrogen-bond donors (Lipinski definition) is 8. The third-order valence-corrected chi connectivity index (χ3v) is 7.58. The number of aliphatic hydroxyl groups excluding tert-OH is 1. The standard InChI is InChI=1S/C30H53N7O9/c1-15(2)12-19(33-27(42)21(14-38)35-25(40)18(31)9-10-23(32)39)26(41)36-24(17(5)6)28(43)34-20(13-16(3)4)29(44)37-11-7-8-22(37)30(45)46/h15-22,24,38H,7-14,31H2,1-6H3,(H2,32,39)(H,33,42)(H,34,43)(H,35,40)(H,36,41)(H,45,46)/t18-,19-,20-,21-,22-,24-/m0/s1. The van der Waals surface area contributed by atoms with Crippen LogP contribution >= 0.6 is 0 Å². The molecule has 1 aliphatic rings. The Balaban J connectivity index is 3.08.